The van der Waals surface area contributed by atoms with E-state index in [0.717, 1.165) is 21.9 Å². The largest absolute Gasteiger partial charge is 0.319 e. The average Bonchev–Trinajstić information content (AvgIpc) is 3.19. The van der Waals surface area contributed by atoms with Crippen molar-refractivity contribution in [3.05, 3.63) is 108 Å². The van der Waals surface area contributed by atoms with Gasteiger partial charge in [0.1, 0.15) is 5.69 Å². The van der Waals surface area contributed by atoms with E-state index in [1.807, 2.05) is 72.8 Å². The number of aromatic nitrogens is 1. The number of ketones is 1. The maximum absolute atomic E-state index is 13.4. The van der Waals surface area contributed by atoms with Gasteiger partial charge in [-0.1, -0.05) is 66.2 Å². The molecular formula is C26H17ClN2O2. The van der Waals surface area contributed by atoms with Crippen LogP contribution in [0.4, 0.5) is 5.69 Å². The lowest BCUT2D eigenvalue weighted by atomic mass is 10.0. The summed E-state index contributed by atoms with van der Waals surface area (Å²) in [5.41, 5.74) is 3.24. The molecule has 1 N–H and O–H groups in total. The summed E-state index contributed by atoms with van der Waals surface area (Å²) in [5.74, 6) is -1.29. The number of Topliss-reactive ketones (excluding diaryl/α,β-unsaturated/α-hetero) is 1. The minimum Gasteiger partial charge on any atom is -0.319 e. The third-order valence-corrected chi connectivity index (χ3v) is 5.55. The van der Waals surface area contributed by atoms with E-state index in [9.17, 15) is 9.59 Å². The van der Waals surface area contributed by atoms with E-state index in [2.05, 4.69) is 5.32 Å². The molecular weight excluding hydrogens is 408 g/mol. The molecule has 0 atom stereocenters. The second-order valence-electron chi connectivity index (χ2n) is 7.22. The van der Waals surface area contributed by atoms with E-state index in [1.165, 1.54) is 0 Å². The van der Waals surface area contributed by atoms with Crippen molar-refractivity contribution in [3.8, 4) is 11.1 Å². The molecule has 0 saturated carbocycles. The van der Waals surface area contributed by atoms with E-state index in [0.29, 0.717) is 22.0 Å². The maximum atomic E-state index is 13.4. The molecule has 0 unspecified atom stereocenters. The number of hydrogen-bond donors (Lipinski definition) is 1. The van der Waals surface area contributed by atoms with Crippen molar-refractivity contribution < 1.29 is 9.59 Å². The summed E-state index contributed by atoms with van der Waals surface area (Å²) in [5, 5.41) is 5.28. The predicted octanol–water partition coefficient (Wildman–Crippen LogP) is 6.23. The van der Waals surface area contributed by atoms with Crippen LogP contribution in [0.15, 0.2) is 97.2 Å². The minimum atomic E-state index is -0.685. The standard InChI is InChI=1S/C26H17ClN2O2/c27-19-13-11-18(12-14-19)22-16-20-8-3-4-15-29(20)24(22)25(30)26(31)28-23-10-5-7-17-6-1-2-9-21(17)23/h1-16H,(H,28,31). The predicted molar refractivity (Wildman–Crippen MR) is 125 cm³/mol. The van der Waals surface area contributed by atoms with Gasteiger partial charge in [0.15, 0.2) is 0 Å². The molecule has 5 heteroatoms. The lowest BCUT2D eigenvalue weighted by molar-refractivity contribution is -0.112. The smallest absolute Gasteiger partial charge is 0.298 e. The molecule has 31 heavy (non-hydrogen) atoms. The van der Waals surface area contributed by atoms with E-state index in [4.69, 9.17) is 11.6 Å². The van der Waals surface area contributed by atoms with Crippen molar-refractivity contribution in [2.75, 3.05) is 5.32 Å². The Hall–Kier alpha value is -3.89. The van der Waals surface area contributed by atoms with Crippen LogP contribution in [-0.2, 0) is 4.79 Å². The van der Waals surface area contributed by atoms with E-state index < -0.39 is 11.7 Å². The number of rotatable bonds is 4. The van der Waals surface area contributed by atoms with Gasteiger partial charge in [0, 0.05) is 33.4 Å². The first-order valence-corrected chi connectivity index (χ1v) is 10.2. The van der Waals surface area contributed by atoms with Crippen LogP contribution in [0.5, 0.6) is 0 Å². The van der Waals surface area contributed by atoms with Gasteiger partial charge in [0.25, 0.3) is 11.7 Å². The Bertz CT molecular complexity index is 1450. The Balaban J connectivity index is 1.58. The van der Waals surface area contributed by atoms with Crippen molar-refractivity contribution in [1.82, 2.24) is 4.40 Å². The van der Waals surface area contributed by atoms with Crippen molar-refractivity contribution in [2.24, 2.45) is 0 Å². The fraction of sp³-hybridized carbons (Fsp3) is 0. The highest BCUT2D eigenvalue weighted by Gasteiger charge is 2.25. The Morgan fingerprint density at radius 1 is 0.806 bits per heavy atom. The number of fused-ring (bicyclic) bond motifs is 2. The van der Waals surface area contributed by atoms with Gasteiger partial charge >= 0.3 is 0 Å². The molecule has 1 amide bonds. The number of halogens is 1. The van der Waals surface area contributed by atoms with E-state index in [1.54, 1.807) is 28.8 Å². The highest BCUT2D eigenvalue weighted by Crippen LogP contribution is 2.30. The number of carbonyl (C=O) groups excluding carboxylic acids is 2. The lowest BCUT2D eigenvalue weighted by Gasteiger charge is -2.10. The molecule has 0 fully saturated rings. The molecule has 0 radical (unpaired) electrons. The van der Waals surface area contributed by atoms with Gasteiger partial charge in [-0.05, 0) is 47.3 Å². The third kappa shape index (κ3) is 3.47. The minimum absolute atomic E-state index is 0.315. The number of nitrogens with zero attached hydrogens (tertiary/aromatic N) is 1. The molecule has 0 spiro atoms. The second kappa shape index (κ2) is 7.74. The molecule has 2 aromatic heterocycles. The molecule has 0 bridgehead atoms. The SMILES string of the molecule is O=C(Nc1cccc2ccccc12)C(=O)c1c(-c2ccc(Cl)cc2)cc2ccccn12. The van der Waals surface area contributed by atoms with Crippen molar-refractivity contribution in [1.29, 1.82) is 0 Å². The van der Waals surface area contributed by atoms with Crippen LogP contribution < -0.4 is 5.32 Å². The van der Waals surface area contributed by atoms with Crippen LogP contribution in [0.1, 0.15) is 10.5 Å². The summed E-state index contributed by atoms with van der Waals surface area (Å²) >= 11 is 6.03. The van der Waals surface area contributed by atoms with Gasteiger partial charge < -0.3 is 9.72 Å². The van der Waals surface area contributed by atoms with Crippen LogP contribution in [0.3, 0.4) is 0 Å². The average molecular weight is 425 g/mol. The van der Waals surface area contributed by atoms with Crippen molar-refractivity contribution >= 4 is 45.3 Å². The topological polar surface area (TPSA) is 50.6 Å². The molecule has 0 aliphatic carbocycles. The molecule has 150 valence electrons. The molecule has 5 aromatic rings. The van der Waals surface area contributed by atoms with E-state index in [-0.39, 0.29) is 0 Å². The van der Waals surface area contributed by atoms with Gasteiger partial charge in [-0.2, -0.15) is 0 Å². The Labute approximate surface area is 183 Å². The summed E-state index contributed by atoms with van der Waals surface area (Å²) in [7, 11) is 0. The van der Waals surface area contributed by atoms with Crippen LogP contribution >= 0.6 is 11.6 Å². The number of benzene rings is 3. The lowest BCUT2D eigenvalue weighted by Crippen LogP contribution is -2.24. The summed E-state index contributed by atoms with van der Waals surface area (Å²) in [6.45, 7) is 0. The number of hydrogen-bond acceptors (Lipinski definition) is 2. The number of pyridine rings is 1. The zero-order chi connectivity index (χ0) is 21.4. The fourth-order valence-electron chi connectivity index (χ4n) is 3.83. The summed E-state index contributed by atoms with van der Waals surface area (Å²) in [6.07, 6.45) is 1.78. The normalized spacial score (nSPS) is 11.0. The molecule has 0 aliphatic rings. The Morgan fingerprint density at radius 3 is 2.39 bits per heavy atom. The zero-order valence-electron chi connectivity index (χ0n) is 16.4. The van der Waals surface area contributed by atoms with Crippen LogP contribution in [0.2, 0.25) is 5.02 Å². The molecule has 5 rings (SSSR count). The Kier molecular flexibility index (Phi) is 4.77. The van der Waals surface area contributed by atoms with Crippen LogP contribution in [0.25, 0.3) is 27.4 Å². The van der Waals surface area contributed by atoms with Gasteiger partial charge in [-0.15, -0.1) is 0 Å². The molecule has 2 heterocycles. The summed E-state index contributed by atoms with van der Waals surface area (Å²) in [4.78, 5) is 26.4. The summed E-state index contributed by atoms with van der Waals surface area (Å²) < 4.78 is 1.74. The van der Waals surface area contributed by atoms with Crippen LogP contribution in [0, 0.1) is 0 Å². The maximum Gasteiger partial charge on any atom is 0.298 e. The highest BCUT2D eigenvalue weighted by molar-refractivity contribution is 6.47. The molecule has 3 aromatic carbocycles. The molecule has 0 aliphatic heterocycles. The monoisotopic (exact) mass is 424 g/mol. The number of amides is 1. The van der Waals surface area contributed by atoms with Gasteiger partial charge in [0.2, 0.25) is 0 Å². The first-order valence-electron chi connectivity index (χ1n) is 9.81. The third-order valence-electron chi connectivity index (χ3n) is 5.29. The number of carbonyl (C=O) groups is 2. The van der Waals surface area contributed by atoms with Gasteiger partial charge in [-0.3, -0.25) is 9.59 Å². The Morgan fingerprint density at radius 2 is 1.55 bits per heavy atom. The highest BCUT2D eigenvalue weighted by atomic mass is 35.5. The summed E-state index contributed by atoms with van der Waals surface area (Å²) in [6, 6.07) is 28.1. The zero-order valence-corrected chi connectivity index (χ0v) is 17.1. The number of anilines is 1. The second-order valence-corrected chi connectivity index (χ2v) is 7.66. The first-order chi connectivity index (χ1) is 15.1. The van der Waals surface area contributed by atoms with Crippen molar-refractivity contribution in [3.63, 3.8) is 0 Å². The fourth-order valence-corrected chi connectivity index (χ4v) is 3.95. The van der Waals surface area contributed by atoms with Crippen LogP contribution in [-0.4, -0.2) is 16.1 Å². The van der Waals surface area contributed by atoms with Gasteiger partial charge in [-0.25, -0.2) is 0 Å². The van der Waals surface area contributed by atoms with E-state index >= 15 is 0 Å². The van der Waals surface area contributed by atoms with Crippen molar-refractivity contribution in [2.45, 2.75) is 0 Å². The number of nitrogens with one attached hydrogen (secondary N) is 1. The quantitative estimate of drug-likeness (QED) is 0.274. The first kappa shape index (κ1) is 19.1. The van der Waals surface area contributed by atoms with Gasteiger partial charge in [0.05, 0.1) is 0 Å². The molecule has 4 nitrogen and oxygen atoms in total. The molecule has 0 saturated heterocycles.